The van der Waals surface area contributed by atoms with Gasteiger partial charge < -0.3 is 20.1 Å². The summed E-state index contributed by atoms with van der Waals surface area (Å²) in [7, 11) is 0. The van der Waals surface area contributed by atoms with Gasteiger partial charge in [-0.2, -0.15) is 0 Å². The van der Waals surface area contributed by atoms with Crippen molar-refractivity contribution in [2.45, 2.75) is 13.2 Å². The lowest BCUT2D eigenvalue weighted by Gasteiger charge is -2.09. The molecule has 2 amide bonds. The molecule has 3 rings (SSSR count). The molecule has 0 aromatic heterocycles. The molecule has 0 saturated heterocycles. The Morgan fingerprint density at radius 3 is 1.97 bits per heavy atom. The Kier molecular flexibility index (Phi) is 8.00. The maximum atomic E-state index is 12.0. The lowest BCUT2D eigenvalue weighted by molar-refractivity contribution is -0.128. The lowest BCUT2D eigenvalue weighted by atomic mass is 10.2. The molecule has 0 unspecified atom stereocenters. The van der Waals surface area contributed by atoms with Crippen LogP contribution in [-0.4, -0.2) is 25.0 Å². The van der Waals surface area contributed by atoms with E-state index >= 15 is 0 Å². The summed E-state index contributed by atoms with van der Waals surface area (Å²) in [5, 5.41) is 5.47. The topological polar surface area (TPSA) is 76.7 Å². The molecule has 0 saturated carbocycles. The molecule has 0 aliphatic heterocycles. The number of hydrogen-bond acceptors (Lipinski definition) is 4. The van der Waals surface area contributed by atoms with Gasteiger partial charge in [-0.1, -0.05) is 60.7 Å². The van der Waals surface area contributed by atoms with E-state index in [0.29, 0.717) is 24.6 Å². The van der Waals surface area contributed by atoms with Crippen molar-refractivity contribution >= 4 is 17.5 Å². The van der Waals surface area contributed by atoms with E-state index in [1.165, 1.54) is 0 Å². The van der Waals surface area contributed by atoms with Crippen LogP contribution < -0.4 is 15.4 Å². The second-order valence-electron chi connectivity index (χ2n) is 6.60. The summed E-state index contributed by atoms with van der Waals surface area (Å²) in [6.07, 6.45) is 0. The largest absolute Gasteiger partial charge is 0.489 e. The molecule has 0 atom stereocenters. The lowest BCUT2D eigenvalue weighted by Crippen LogP contribution is -2.29. The molecular formula is C24H24N2O4. The Bertz CT molecular complexity index is 928. The quantitative estimate of drug-likeness (QED) is 0.542. The Balaban J connectivity index is 1.33. The smallest absolute Gasteiger partial charge is 0.250 e. The number of rotatable bonds is 10. The predicted octanol–water partition coefficient (Wildman–Crippen LogP) is 3.54. The minimum Gasteiger partial charge on any atom is -0.489 e. The SMILES string of the molecule is O=C(COCC(=O)Nc1ccc(OCc2ccccc2)cc1)NCc1ccccc1. The van der Waals surface area contributed by atoms with Gasteiger partial charge in [0.05, 0.1) is 0 Å². The third-order valence-corrected chi connectivity index (χ3v) is 4.19. The van der Waals surface area contributed by atoms with Crippen molar-refractivity contribution in [3.8, 4) is 5.75 Å². The van der Waals surface area contributed by atoms with E-state index in [0.717, 1.165) is 11.1 Å². The highest BCUT2D eigenvalue weighted by molar-refractivity contribution is 5.91. The fourth-order valence-corrected chi connectivity index (χ4v) is 2.66. The molecule has 3 aromatic carbocycles. The summed E-state index contributed by atoms with van der Waals surface area (Å²) in [5.41, 5.74) is 2.71. The van der Waals surface area contributed by atoms with E-state index in [1.807, 2.05) is 60.7 Å². The number of ether oxygens (including phenoxy) is 2. The summed E-state index contributed by atoms with van der Waals surface area (Å²) in [4.78, 5) is 23.7. The molecule has 0 heterocycles. The van der Waals surface area contributed by atoms with E-state index in [1.54, 1.807) is 24.3 Å². The summed E-state index contributed by atoms with van der Waals surface area (Å²) in [5.74, 6) is 0.110. The average molecular weight is 404 g/mol. The zero-order valence-corrected chi connectivity index (χ0v) is 16.5. The molecule has 0 spiro atoms. The van der Waals surface area contributed by atoms with Gasteiger partial charge in [0.2, 0.25) is 11.8 Å². The van der Waals surface area contributed by atoms with Gasteiger partial charge in [-0.15, -0.1) is 0 Å². The first-order chi connectivity index (χ1) is 14.7. The van der Waals surface area contributed by atoms with Crippen LogP contribution in [0.25, 0.3) is 0 Å². The van der Waals surface area contributed by atoms with Crippen molar-refractivity contribution in [2.75, 3.05) is 18.5 Å². The van der Waals surface area contributed by atoms with Crippen LogP contribution in [0.1, 0.15) is 11.1 Å². The number of nitrogens with one attached hydrogen (secondary N) is 2. The third-order valence-electron chi connectivity index (χ3n) is 4.19. The highest BCUT2D eigenvalue weighted by Crippen LogP contribution is 2.17. The van der Waals surface area contributed by atoms with E-state index < -0.39 is 0 Å². The van der Waals surface area contributed by atoms with Gasteiger partial charge in [0, 0.05) is 12.2 Å². The summed E-state index contributed by atoms with van der Waals surface area (Å²) < 4.78 is 10.9. The molecule has 0 aliphatic carbocycles. The predicted molar refractivity (Wildman–Crippen MR) is 115 cm³/mol. The van der Waals surface area contributed by atoms with E-state index in [-0.39, 0.29) is 25.0 Å². The van der Waals surface area contributed by atoms with Crippen molar-refractivity contribution in [3.05, 3.63) is 96.1 Å². The molecule has 2 N–H and O–H groups in total. The zero-order chi connectivity index (χ0) is 21.0. The van der Waals surface area contributed by atoms with Crippen LogP contribution in [0.3, 0.4) is 0 Å². The van der Waals surface area contributed by atoms with Gasteiger partial charge in [0.25, 0.3) is 0 Å². The van der Waals surface area contributed by atoms with Gasteiger partial charge in [-0.3, -0.25) is 9.59 Å². The van der Waals surface area contributed by atoms with Crippen LogP contribution in [0.5, 0.6) is 5.75 Å². The van der Waals surface area contributed by atoms with Crippen LogP contribution in [-0.2, 0) is 27.5 Å². The maximum Gasteiger partial charge on any atom is 0.250 e. The van der Waals surface area contributed by atoms with Crippen molar-refractivity contribution < 1.29 is 19.1 Å². The Labute approximate surface area is 175 Å². The van der Waals surface area contributed by atoms with Gasteiger partial charge in [-0.05, 0) is 35.4 Å². The molecule has 0 fully saturated rings. The molecular weight excluding hydrogens is 380 g/mol. The van der Waals surface area contributed by atoms with Gasteiger partial charge in [-0.25, -0.2) is 0 Å². The van der Waals surface area contributed by atoms with E-state index in [4.69, 9.17) is 9.47 Å². The Morgan fingerprint density at radius 1 is 0.700 bits per heavy atom. The first-order valence-electron chi connectivity index (χ1n) is 9.64. The number of carbonyl (C=O) groups is 2. The van der Waals surface area contributed by atoms with Gasteiger partial charge in [0.15, 0.2) is 0 Å². The minimum absolute atomic E-state index is 0.174. The molecule has 0 radical (unpaired) electrons. The fraction of sp³-hybridized carbons (Fsp3) is 0.167. The highest BCUT2D eigenvalue weighted by atomic mass is 16.5. The van der Waals surface area contributed by atoms with Crippen LogP contribution in [0, 0.1) is 0 Å². The maximum absolute atomic E-state index is 12.0. The van der Waals surface area contributed by atoms with Crippen LogP contribution in [0.2, 0.25) is 0 Å². The normalized spacial score (nSPS) is 10.3. The minimum atomic E-state index is -0.330. The average Bonchev–Trinajstić information content (AvgIpc) is 2.79. The molecule has 0 aliphatic rings. The summed E-state index contributed by atoms with van der Waals surface area (Å²) in [6.45, 7) is 0.526. The van der Waals surface area contributed by atoms with Crippen molar-refractivity contribution in [1.82, 2.24) is 5.32 Å². The number of anilines is 1. The second-order valence-corrected chi connectivity index (χ2v) is 6.60. The first-order valence-corrected chi connectivity index (χ1v) is 9.64. The number of benzene rings is 3. The van der Waals surface area contributed by atoms with Crippen LogP contribution in [0.4, 0.5) is 5.69 Å². The molecule has 30 heavy (non-hydrogen) atoms. The third kappa shape index (κ3) is 7.41. The van der Waals surface area contributed by atoms with Gasteiger partial charge in [0.1, 0.15) is 25.6 Å². The van der Waals surface area contributed by atoms with E-state index in [9.17, 15) is 9.59 Å². The van der Waals surface area contributed by atoms with Crippen LogP contribution in [0.15, 0.2) is 84.9 Å². The van der Waals surface area contributed by atoms with E-state index in [2.05, 4.69) is 10.6 Å². The van der Waals surface area contributed by atoms with Crippen molar-refractivity contribution in [3.63, 3.8) is 0 Å². The zero-order valence-electron chi connectivity index (χ0n) is 16.5. The molecule has 3 aromatic rings. The van der Waals surface area contributed by atoms with Crippen molar-refractivity contribution in [1.29, 1.82) is 0 Å². The standard InChI is InChI=1S/C24H24N2O4/c27-23(25-15-19-7-3-1-4-8-19)17-29-18-24(28)26-21-11-13-22(14-12-21)30-16-20-9-5-2-6-10-20/h1-14H,15-18H2,(H,25,27)(H,26,28). The van der Waals surface area contributed by atoms with Crippen LogP contribution >= 0.6 is 0 Å². The number of carbonyl (C=O) groups excluding carboxylic acids is 2. The first kappa shape index (κ1) is 21.1. The second kappa shape index (κ2) is 11.4. The van der Waals surface area contributed by atoms with Gasteiger partial charge >= 0.3 is 0 Å². The Morgan fingerprint density at radius 2 is 1.30 bits per heavy atom. The number of amides is 2. The molecule has 154 valence electrons. The molecule has 6 nitrogen and oxygen atoms in total. The summed E-state index contributed by atoms with van der Waals surface area (Å²) in [6, 6.07) is 26.5. The highest BCUT2D eigenvalue weighted by Gasteiger charge is 2.06. The molecule has 6 heteroatoms. The fourth-order valence-electron chi connectivity index (χ4n) is 2.66. The summed E-state index contributed by atoms with van der Waals surface area (Å²) >= 11 is 0. The number of hydrogen-bond donors (Lipinski definition) is 2. The molecule has 0 bridgehead atoms. The Hall–Kier alpha value is -3.64. The monoisotopic (exact) mass is 404 g/mol. The van der Waals surface area contributed by atoms with Crippen molar-refractivity contribution in [2.24, 2.45) is 0 Å².